The molecule has 0 spiro atoms. The molecule has 0 unspecified atom stereocenters. The Morgan fingerprint density at radius 3 is 1.44 bits per heavy atom. The summed E-state index contributed by atoms with van der Waals surface area (Å²) in [5.74, 6) is -1.13. The van der Waals surface area contributed by atoms with E-state index in [-0.39, 0.29) is 13.0 Å². The number of hydrogen-bond acceptors (Lipinski definition) is 6. The van der Waals surface area contributed by atoms with Gasteiger partial charge in [-0.25, -0.2) is 9.36 Å². The minimum absolute atomic E-state index is 0.252. The molecule has 0 rings (SSSR count). The molecular weight excluding hydrogens is 627 g/mol. The van der Waals surface area contributed by atoms with Crippen molar-refractivity contribution in [1.29, 1.82) is 0 Å². The molecule has 0 aromatic carbocycles. The molecule has 0 aliphatic heterocycles. The van der Waals surface area contributed by atoms with Crippen molar-refractivity contribution < 1.29 is 37.9 Å². The summed E-state index contributed by atoms with van der Waals surface area (Å²) in [5.41, 5.74) is 0. The van der Waals surface area contributed by atoms with Crippen LogP contribution in [0.5, 0.6) is 0 Å². The Balaban J connectivity index is 4.02. The molecule has 0 aromatic heterocycles. The Labute approximate surface area is 294 Å². The van der Waals surface area contributed by atoms with E-state index in [2.05, 4.69) is 18.4 Å². The van der Waals surface area contributed by atoms with Crippen molar-refractivity contribution in [2.75, 3.05) is 13.2 Å². The van der Waals surface area contributed by atoms with Crippen LogP contribution in [0.25, 0.3) is 0 Å². The molecule has 2 N–H and O–H groups in total. The Morgan fingerprint density at radius 1 is 0.583 bits per heavy atom. The van der Waals surface area contributed by atoms with Crippen LogP contribution in [0, 0.1) is 0 Å². The van der Waals surface area contributed by atoms with Gasteiger partial charge in [-0.05, 0) is 19.3 Å². The second kappa shape index (κ2) is 35.4. The predicted octanol–water partition coefficient (Wildman–Crippen LogP) is 11.6. The van der Waals surface area contributed by atoms with Crippen molar-refractivity contribution in [1.82, 2.24) is 0 Å². The molecule has 0 saturated carbocycles. The standard InChI is InChI=1S/C39H73O8P/c1-3-5-7-9-11-13-15-17-19-21-23-25-27-29-31-33-38(40)45-35-37(36-46-48(42,43)44)47-39(41)34-32-30-28-26-24-22-20-18-16-14-12-10-8-6-4-2/h28,30,32,34,37H,3-27,29,31,33,35-36H2,1-2H3,(H2,42,43,44)/b30-28+,34-32+/t37-/m1/s1. The molecule has 0 bridgehead atoms. The van der Waals surface area contributed by atoms with Gasteiger partial charge in [-0.3, -0.25) is 9.32 Å². The third-order valence-corrected chi connectivity index (χ3v) is 9.07. The van der Waals surface area contributed by atoms with E-state index in [4.69, 9.17) is 19.3 Å². The lowest BCUT2D eigenvalue weighted by molar-refractivity contribution is -0.157. The van der Waals surface area contributed by atoms with E-state index in [0.29, 0.717) is 6.42 Å². The van der Waals surface area contributed by atoms with Crippen molar-refractivity contribution in [3.05, 3.63) is 24.3 Å². The summed E-state index contributed by atoms with van der Waals surface area (Å²) in [4.78, 5) is 42.6. The smallest absolute Gasteiger partial charge is 0.462 e. The molecule has 0 fully saturated rings. The zero-order chi connectivity index (χ0) is 35.4. The molecule has 0 aliphatic carbocycles. The van der Waals surface area contributed by atoms with Gasteiger partial charge >= 0.3 is 19.8 Å². The van der Waals surface area contributed by atoms with E-state index in [0.717, 1.165) is 25.7 Å². The van der Waals surface area contributed by atoms with Gasteiger partial charge in [0.05, 0.1) is 6.61 Å². The highest BCUT2D eigenvalue weighted by Crippen LogP contribution is 2.35. The molecule has 0 aliphatic rings. The maximum absolute atomic E-state index is 12.3. The van der Waals surface area contributed by atoms with Gasteiger partial charge in [0.2, 0.25) is 0 Å². The van der Waals surface area contributed by atoms with Crippen molar-refractivity contribution in [3.63, 3.8) is 0 Å². The van der Waals surface area contributed by atoms with E-state index in [1.807, 2.05) is 6.08 Å². The second-order valence-corrected chi connectivity index (χ2v) is 14.6. The Morgan fingerprint density at radius 2 is 1.00 bits per heavy atom. The van der Waals surface area contributed by atoms with Gasteiger partial charge in [0.15, 0.2) is 6.10 Å². The van der Waals surface area contributed by atoms with Crippen LogP contribution in [0.2, 0.25) is 0 Å². The molecule has 48 heavy (non-hydrogen) atoms. The summed E-state index contributed by atoms with van der Waals surface area (Å²) in [5, 5.41) is 0. The molecule has 9 heteroatoms. The van der Waals surface area contributed by atoms with Crippen molar-refractivity contribution in [2.24, 2.45) is 0 Å². The number of rotatable bonds is 36. The lowest BCUT2D eigenvalue weighted by atomic mass is 10.0. The highest BCUT2D eigenvalue weighted by molar-refractivity contribution is 7.46. The first-order valence-corrected chi connectivity index (χ1v) is 21.2. The molecule has 282 valence electrons. The van der Waals surface area contributed by atoms with Gasteiger partial charge in [0.1, 0.15) is 6.61 Å². The normalized spacial score (nSPS) is 12.7. The molecule has 1 atom stereocenters. The van der Waals surface area contributed by atoms with Crippen LogP contribution < -0.4 is 0 Å². The fourth-order valence-corrected chi connectivity index (χ4v) is 5.99. The maximum atomic E-state index is 12.3. The number of phosphoric ester groups is 1. The van der Waals surface area contributed by atoms with Crippen molar-refractivity contribution >= 4 is 19.8 Å². The van der Waals surface area contributed by atoms with Crippen LogP contribution in [0.15, 0.2) is 24.3 Å². The zero-order valence-corrected chi connectivity index (χ0v) is 31.8. The van der Waals surface area contributed by atoms with Gasteiger partial charge in [0, 0.05) is 12.5 Å². The summed E-state index contributed by atoms with van der Waals surface area (Å²) < 4.78 is 26.1. The molecular formula is C39H73O8P. The van der Waals surface area contributed by atoms with Crippen molar-refractivity contribution in [2.45, 2.75) is 200 Å². The van der Waals surface area contributed by atoms with Crippen LogP contribution >= 0.6 is 7.82 Å². The van der Waals surface area contributed by atoms with Gasteiger partial charge in [-0.2, -0.15) is 0 Å². The number of unbranched alkanes of at least 4 members (excludes halogenated alkanes) is 25. The first-order chi connectivity index (χ1) is 23.3. The summed E-state index contributed by atoms with van der Waals surface area (Å²) in [6.45, 7) is 3.59. The molecule has 0 radical (unpaired) electrons. The molecule has 0 amide bonds. The summed E-state index contributed by atoms with van der Waals surface area (Å²) in [6.07, 6.45) is 39.6. The van der Waals surface area contributed by atoms with E-state index in [9.17, 15) is 14.2 Å². The molecule has 0 aromatic rings. The Bertz CT molecular complexity index is 838. The van der Waals surface area contributed by atoms with Crippen LogP contribution in [0.1, 0.15) is 194 Å². The van der Waals surface area contributed by atoms with Gasteiger partial charge < -0.3 is 19.3 Å². The number of phosphoric acid groups is 1. The quantitative estimate of drug-likeness (QED) is 0.0218. The second-order valence-electron chi connectivity index (χ2n) is 13.3. The molecule has 0 saturated heterocycles. The average Bonchev–Trinajstić information content (AvgIpc) is 3.05. The fourth-order valence-electron chi connectivity index (χ4n) is 5.63. The van der Waals surface area contributed by atoms with E-state index < -0.39 is 32.5 Å². The molecule has 8 nitrogen and oxygen atoms in total. The Hall–Kier alpha value is -1.47. The third-order valence-electron chi connectivity index (χ3n) is 8.58. The van der Waals surface area contributed by atoms with Crippen LogP contribution in [-0.2, 0) is 28.2 Å². The lowest BCUT2D eigenvalue weighted by Gasteiger charge is -2.17. The number of ether oxygens (including phenoxy) is 2. The van der Waals surface area contributed by atoms with Gasteiger partial charge in [-0.1, -0.05) is 186 Å². The number of hydrogen-bond donors (Lipinski definition) is 2. The van der Waals surface area contributed by atoms with Crippen LogP contribution in [0.3, 0.4) is 0 Å². The van der Waals surface area contributed by atoms with E-state index in [1.54, 1.807) is 12.2 Å². The maximum Gasteiger partial charge on any atom is 0.469 e. The number of carbonyl (C=O) groups is 2. The first kappa shape index (κ1) is 46.5. The van der Waals surface area contributed by atoms with Gasteiger partial charge in [-0.15, -0.1) is 0 Å². The number of allylic oxidation sites excluding steroid dienone is 3. The predicted molar refractivity (Wildman–Crippen MR) is 198 cm³/mol. The summed E-state index contributed by atoms with van der Waals surface area (Å²) >= 11 is 0. The van der Waals surface area contributed by atoms with E-state index >= 15 is 0 Å². The van der Waals surface area contributed by atoms with Crippen molar-refractivity contribution in [3.8, 4) is 0 Å². The summed E-state index contributed by atoms with van der Waals surface area (Å²) in [6, 6.07) is 0. The minimum atomic E-state index is -4.77. The fraction of sp³-hybridized carbons (Fsp3) is 0.846. The minimum Gasteiger partial charge on any atom is -0.462 e. The number of carbonyl (C=O) groups excluding carboxylic acids is 2. The van der Waals surface area contributed by atoms with Crippen LogP contribution in [-0.4, -0.2) is 41.0 Å². The zero-order valence-electron chi connectivity index (χ0n) is 30.9. The van der Waals surface area contributed by atoms with Crippen LogP contribution in [0.4, 0.5) is 0 Å². The largest absolute Gasteiger partial charge is 0.469 e. The average molecular weight is 701 g/mol. The topological polar surface area (TPSA) is 119 Å². The highest BCUT2D eigenvalue weighted by atomic mass is 31.2. The monoisotopic (exact) mass is 701 g/mol. The van der Waals surface area contributed by atoms with Gasteiger partial charge in [0.25, 0.3) is 0 Å². The number of esters is 2. The Kier molecular flexibility index (Phi) is 34.3. The SMILES string of the molecule is CCCCCCCCCCCCC/C=C/C=C/C(=O)O[C@H](COC(=O)CCCCCCCCCCCCCCCCC)COP(=O)(O)O. The third kappa shape index (κ3) is 37.4. The molecule has 0 heterocycles. The van der Waals surface area contributed by atoms with E-state index in [1.165, 1.54) is 147 Å². The summed E-state index contributed by atoms with van der Waals surface area (Å²) in [7, 11) is -4.77. The first-order valence-electron chi connectivity index (χ1n) is 19.7. The highest BCUT2D eigenvalue weighted by Gasteiger charge is 2.22. The lowest BCUT2D eigenvalue weighted by Crippen LogP contribution is -2.29.